The van der Waals surface area contributed by atoms with E-state index in [1.54, 1.807) is 18.5 Å². The molecule has 1 aromatic heterocycles. The monoisotopic (exact) mass is 275 g/mol. The van der Waals surface area contributed by atoms with E-state index >= 15 is 0 Å². The molecule has 0 saturated carbocycles. The van der Waals surface area contributed by atoms with E-state index in [1.165, 1.54) is 6.92 Å². The number of rotatable bonds is 5. The van der Waals surface area contributed by atoms with Gasteiger partial charge >= 0.3 is 6.18 Å². The molecule has 2 atom stereocenters. The maximum atomic E-state index is 12.0. The zero-order chi connectivity index (χ0) is 14.5. The summed E-state index contributed by atoms with van der Waals surface area (Å²) in [5, 5.41) is 4.75. The van der Waals surface area contributed by atoms with Crippen molar-refractivity contribution in [3.05, 3.63) is 30.1 Å². The lowest BCUT2D eigenvalue weighted by Gasteiger charge is -2.20. The highest BCUT2D eigenvalue weighted by Crippen LogP contribution is 2.13. The Balaban J connectivity index is 2.46. The lowest BCUT2D eigenvalue weighted by atomic mass is 10.1. The Bertz CT molecular complexity index is 408. The molecule has 0 radical (unpaired) electrons. The van der Waals surface area contributed by atoms with Gasteiger partial charge in [-0.3, -0.25) is 15.1 Å². The van der Waals surface area contributed by atoms with Crippen LogP contribution in [0.3, 0.4) is 0 Å². The first-order valence-electron chi connectivity index (χ1n) is 5.80. The molecule has 1 rings (SSSR count). The number of nitrogens with zero attached hydrogens (tertiary/aromatic N) is 1. The van der Waals surface area contributed by atoms with E-state index in [2.05, 4.69) is 10.3 Å². The highest BCUT2D eigenvalue weighted by Gasteiger charge is 2.28. The number of pyridine rings is 1. The third-order valence-electron chi connectivity index (χ3n) is 2.54. The molecule has 0 saturated heterocycles. The number of halogens is 3. The topological polar surface area (TPSA) is 54.0 Å². The van der Waals surface area contributed by atoms with E-state index in [0.717, 1.165) is 5.56 Å². The van der Waals surface area contributed by atoms with Gasteiger partial charge in [-0.2, -0.15) is 13.2 Å². The summed E-state index contributed by atoms with van der Waals surface area (Å²) in [6, 6.07) is 2.67. The van der Waals surface area contributed by atoms with Crippen LogP contribution in [0.5, 0.6) is 0 Å². The van der Waals surface area contributed by atoms with E-state index in [9.17, 15) is 18.0 Å². The third kappa shape index (κ3) is 5.69. The zero-order valence-electron chi connectivity index (χ0n) is 10.7. The molecule has 0 fully saturated rings. The highest BCUT2D eigenvalue weighted by molar-refractivity contribution is 5.81. The first-order valence-corrected chi connectivity index (χ1v) is 5.80. The number of carbonyl (C=O) groups excluding carboxylic acids is 1. The van der Waals surface area contributed by atoms with Crippen LogP contribution in [0.1, 0.15) is 25.5 Å². The normalized spacial score (nSPS) is 14.8. The van der Waals surface area contributed by atoms with Crippen LogP contribution in [-0.4, -0.2) is 29.7 Å². The van der Waals surface area contributed by atoms with Gasteiger partial charge < -0.3 is 5.32 Å². The summed E-state index contributed by atoms with van der Waals surface area (Å²) >= 11 is 0. The summed E-state index contributed by atoms with van der Waals surface area (Å²) in [6.07, 6.45) is -1.14. The van der Waals surface area contributed by atoms with E-state index in [1.807, 2.05) is 18.3 Å². The Hall–Kier alpha value is -1.63. The molecule has 2 N–H and O–H groups in total. The summed E-state index contributed by atoms with van der Waals surface area (Å²) in [4.78, 5) is 15.4. The van der Waals surface area contributed by atoms with Crippen molar-refractivity contribution in [3.8, 4) is 0 Å². The summed E-state index contributed by atoms with van der Waals surface area (Å²) < 4.78 is 35.9. The van der Waals surface area contributed by atoms with E-state index < -0.39 is 24.7 Å². The predicted molar refractivity (Wildman–Crippen MR) is 64.3 cm³/mol. The number of hydrogen-bond acceptors (Lipinski definition) is 3. The molecule has 0 bridgehead atoms. The molecule has 0 aromatic carbocycles. The van der Waals surface area contributed by atoms with Crippen LogP contribution in [0, 0.1) is 0 Å². The van der Waals surface area contributed by atoms with Crippen molar-refractivity contribution >= 4 is 5.91 Å². The van der Waals surface area contributed by atoms with Gasteiger partial charge in [-0.15, -0.1) is 0 Å². The summed E-state index contributed by atoms with van der Waals surface area (Å²) in [6.45, 7) is 2.00. The second-order valence-electron chi connectivity index (χ2n) is 4.23. The second kappa shape index (κ2) is 6.51. The van der Waals surface area contributed by atoms with E-state index in [4.69, 9.17) is 0 Å². The first kappa shape index (κ1) is 15.4. The van der Waals surface area contributed by atoms with Gasteiger partial charge in [0.1, 0.15) is 6.54 Å². The number of amides is 1. The van der Waals surface area contributed by atoms with Crippen molar-refractivity contribution < 1.29 is 18.0 Å². The molecule has 0 aliphatic rings. The Morgan fingerprint density at radius 3 is 2.63 bits per heavy atom. The minimum atomic E-state index is -4.40. The molecule has 0 aliphatic heterocycles. The fourth-order valence-corrected chi connectivity index (χ4v) is 1.52. The van der Waals surface area contributed by atoms with Crippen molar-refractivity contribution in [1.29, 1.82) is 0 Å². The summed E-state index contributed by atoms with van der Waals surface area (Å²) in [5.41, 5.74) is 0.859. The second-order valence-corrected chi connectivity index (χ2v) is 4.23. The molecule has 1 unspecified atom stereocenters. The number of aromatic nitrogens is 1. The first-order chi connectivity index (χ1) is 8.79. The Labute approximate surface area is 109 Å². The van der Waals surface area contributed by atoms with Gasteiger partial charge in [0.05, 0.1) is 6.04 Å². The minimum Gasteiger partial charge on any atom is -0.346 e. The molecule has 7 heteroatoms. The van der Waals surface area contributed by atoms with Crippen molar-refractivity contribution in [2.45, 2.75) is 32.1 Å². The van der Waals surface area contributed by atoms with Crippen molar-refractivity contribution in [2.75, 3.05) is 6.54 Å². The highest BCUT2D eigenvalue weighted by atomic mass is 19.4. The van der Waals surface area contributed by atoms with Gasteiger partial charge in [0, 0.05) is 18.4 Å². The number of nitrogens with one attached hydrogen (secondary N) is 2. The number of alkyl halides is 3. The summed E-state index contributed by atoms with van der Waals surface area (Å²) in [7, 11) is 0. The average Bonchev–Trinajstić information content (AvgIpc) is 2.36. The molecule has 4 nitrogen and oxygen atoms in total. The van der Waals surface area contributed by atoms with E-state index in [0.29, 0.717) is 0 Å². The molecule has 1 heterocycles. The fourth-order valence-electron chi connectivity index (χ4n) is 1.52. The van der Waals surface area contributed by atoms with Crippen LogP contribution in [0.2, 0.25) is 0 Å². The van der Waals surface area contributed by atoms with Gasteiger partial charge in [0.15, 0.2) is 0 Å². The van der Waals surface area contributed by atoms with E-state index in [-0.39, 0.29) is 6.04 Å². The molecule has 0 spiro atoms. The van der Waals surface area contributed by atoms with Gasteiger partial charge in [-0.25, -0.2) is 0 Å². The van der Waals surface area contributed by atoms with Crippen molar-refractivity contribution in [3.63, 3.8) is 0 Å². The van der Waals surface area contributed by atoms with Crippen LogP contribution in [0.4, 0.5) is 13.2 Å². The molecule has 1 amide bonds. The Morgan fingerprint density at radius 1 is 1.42 bits per heavy atom. The van der Waals surface area contributed by atoms with Crippen LogP contribution < -0.4 is 10.6 Å². The standard InChI is InChI=1S/C12H16F3N3O/c1-8(10-4-3-5-16-6-10)18-9(2)11(19)17-7-12(13,14)15/h3-6,8-9,18H,7H2,1-2H3,(H,17,19)/t8-,9?/m1/s1. The fraction of sp³-hybridized carbons (Fsp3) is 0.500. The Kier molecular flexibility index (Phi) is 5.29. The average molecular weight is 275 g/mol. The predicted octanol–water partition coefficient (Wildman–Crippen LogP) is 1.80. The molecular weight excluding hydrogens is 259 g/mol. The van der Waals surface area contributed by atoms with Gasteiger partial charge in [-0.1, -0.05) is 6.07 Å². The lowest BCUT2D eigenvalue weighted by Crippen LogP contribution is -2.45. The van der Waals surface area contributed by atoms with Crippen molar-refractivity contribution in [2.24, 2.45) is 0 Å². The maximum Gasteiger partial charge on any atom is 0.405 e. The maximum absolute atomic E-state index is 12.0. The number of hydrogen-bond donors (Lipinski definition) is 2. The lowest BCUT2D eigenvalue weighted by molar-refractivity contribution is -0.139. The SMILES string of the molecule is CC(N[C@H](C)c1cccnc1)C(=O)NCC(F)(F)F. The molecule has 19 heavy (non-hydrogen) atoms. The van der Waals surface area contributed by atoms with Crippen LogP contribution in [-0.2, 0) is 4.79 Å². The zero-order valence-corrected chi connectivity index (χ0v) is 10.7. The van der Waals surface area contributed by atoms with Gasteiger partial charge in [-0.05, 0) is 25.5 Å². The van der Waals surface area contributed by atoms with Crippen LogP contribution in [0.15, 0.2) is 24.5 Å². The quantitative estimate of drug-likeness (QED) is 0.861. The molecule has 0 aliphatic carbocycles. The van der Waals surface area contributed by atoms with Gasteiger partial charge in [0.25, 0.3) is 0 Å². The van der Waals surface area contributed by atoms with Crippen molar-refractivity contribution in [1.82, 2.24) is 15.6 Å². The van der Waals surface area contributed by atoms with Gasteiger partial charge in [0.2, 0.25) is 5.91 Å². The number of carbonyl (C=O) groups is 1. The van der Waals surface area contributed by atoms with Crippen LogP contribution >= 0.6 is 0 Å². The minimum absolute atomic E-state index is 0.180. The molecule has 106 valence electrons. The molecule has 1 aromatic rings. The molecular formula is C12H16F3N3O. The Morgan fingerprint density at radius 2 is 2.11 bits per heavy atom. The summed E-state index contributed by atoms with van der Waals surface area (Å²) in [5.74, 6) is -0.687. The van der Waals surface area contributed by atoms with Crippen LogP contribution in [0.25, 0.3) is 0 Å². The smallest absolute Gasteiger partial charge is 0.346 e. The third-order valence-corrected chi connectivity index (χ3v) is 2.54. The largest absolute Gasteiger partial charge is 0.405 e.